The molecule has 1 saturated heterocycles. The van der Waals surface area contributed by atoms with Crippen LogP contribution in [0.4, 0.5) is 16.3 Å². The van der Waals surface area contributed by atoms with E-state index in [0.717, 1.165) is 16.7 Å². The number of carbonyl (C=O) groups is 2. The van der Waals surface area contributed by atoms with E-state index < -0.39 is 4.92 Å². The molecule has 1 aromatic rings. The van der Waals surface area contributed by atoms with Gasteiger partial charge < -0.3 is 5.32 Å². The highest BCUT2D eigenvalue weighted by molar-refractivity contribution is 9.10. The number of hydrogen-bond acceptors (Lipinski definition) is 7. The zero-order chi connectivity index (χ0) is 14.7. The number of aromatic nitrogens is 1. The quantitative estimate of drug-likeness (QED) is 0.630. The lowest BCUT2D eigenvalue weighted by Gasteiger charge is -2.13. The Kier molecular flexibility index (Phi) is 4.55. The molecule has 0 bridgehead atoms. The topological polar surface area (TPSA) is 105 Å². The molecule has 1 aliphatic heterocycles. The van der Waals surface area contributed by atoms with Gasteiger partial charge in [0.05, 0.1) is 10.7 Å². The number of hydrogen-bond donors (Lipinski definition) is 1. The van der Waals surface area contributed by atoms with E-state index in [9.17, 15) is 19.7 Å². The fraction of sp³-hybridized carbons (Fsp3) is 0.300. The second-order valence-corrected chi connectivity index (χ2v) is 5.65. The monoisotopic (exact) mass is 360 g/mol. The van der Waals surface area contributed by atoms with E-state index in [1.54, 1.807) is 0 Å². The summed E-state index contributed by atoms with van der Waals surface area (Å²) in [5.41, 5.74) is -0.173. The number of halogens is 1. The second kappa shape index (κ2) is 6.18. The van der Waals surface area contributed by atoms with Crippen LogP contribution in [-0.4, -0.2) is 44.8 Å². The number of nitrogens with one attached hydrogen (secondary N) is 1. The van der Waals surface area contributed by atoms with Gasteiger partial charge in [0, 0.05) is 29.8 Å². The molecule has 2 rings (SSSR count). The summed E-state index contributed by atoms with van der Waals surface area (Å²) in [5, 5.41) is 13.3. The maximum Gasteiger partial charge on any atom is 0.312 e. The zero-order valence-electron chi connectivity index (χ0n) is 10.0. The van der Waals surface area contributed by atoms with Crippen LogP contribution >= 0.6 is 27.7 Å². The number of amides is 2. The van der Waals surface area contributed by atoms with Gasteiger partial charge in [-0.05, 0) is 15.9 Å². The van der Waals surface area contributed by atoms with Crippen LogP contribution < -0.4 is 5.32 Å². The van der Waals surface area contributed by atoms with Crippen LogP contribution in [0.25, 0.3) is 0 Å². The van der Waals surface area contributed by atoms with Crippen molar-refractivity contribution in [1.82, 2.24) is 9.88 Å². The Hall–Kier alpha value is -1.68. The third-order valence-corrected chi connectivity index (χ3v) is 3.79. The highest BCUT2D eigenvalue weighted by atomic mass is 79.9. The third-order valence-electron chi connectivity index (χ3n) is 2.50. The van der Waals surface area contributed by atoms with E-state index in [-0.39, 0.29) is 41.5 Å². The molecule has 0 radical (unpaired) electrons. The van der Waals surface area contributed by atoms with Crippen LogP contribution in [0.2, 0.25) is 0 Å². The lowest BCUT2D eigenvalue weighted by molar-refractivity contribution is -0.384. The Morgan fingerprint density at radius 2 is 2.30 bits per heavy atom. The molecular weight excluding hydrogens is 352 g/mol. The highest BCUT2D eigenvalue weighted by Crippen LogP contribution is 2.25. The number of pyridine rings is 1. The first kappa shape index (κ1) is 14.7. The zero-order valence-corrected chi connectivity index (χ0v) is 12.4. The van der Waals surface area contributed by atoms with Gasteiger partial charge in [-0.2, -0.15) is 0 Å². The molecule has 10 heteroatoms. The molecule has 2 heterocycles. The normalized spacial score (nSPS) is 14.8. The van der Waals surface area contributed by atoms with Crippen LogP contribution in [0.15, 0.2) is 16.7 Å². The number of thioether (sulfide) groups is 1. The molecule has 1 fully saturated rings. The lowest BCUT2D eigenvalue weighted by Crippen LogP contribution is -2.33. The molecule has 0 unspecified atom stereocenters. The second-order valence-electron chi connectivity index (χ2n) is 3.81. The van der Waals surface area contributed by atoms with Crippen molar-refractivity contribution in [2.45, 2.75) is 0 Å². The van der Waals surface area contributed by atoms with Crippen molar-refractivity contribution in [3.8, 4) is 0 Å². The molecule has 2 amide bonds. The molecule has 1 N–H and O–H groups in total. The van der Waals surface area contributed by atoms with Gasteiger partial charge in [-0.25, -0.2) is 4.98 Å². The molecular formula is C10H9BrN4O4S. The van der Waals surface area contributed by atoms with Gasteiger partial charge in [0.25, 0.3) is 5.24 Å². The summed E-state index contributed by atoms with van der Waals surface area (Å²) in [6.07, 6.45) is 1.43. The highest BCUT2D eigenvalue weighted by Gasteiger charge is 2.29. The minimum absolute atomic E-state index is 0.102. The molecule has 0 aromatic carbocycles. The number of imide groups is 1. The largest absolute Gasteiger partial charge is 0.363 e. The van der Waals surface area contributed by atoms with Gasteiger partial charge >= 0.3 is 5.69 Å². The molecule has 1 aliphatic rings. The summed E-state index contributed by atoms with van der Waals surface area (Å²) in [7, 11) is 0. The smallest absolute Gasteiger partial charge is 0.312 e. The average molecular weight is 361 g/mol. The summed E-state index contributed by atoms with van der Waals surface area (Å²) in [4.78, 5) is 38.1. The van der Waals surface area contributed by atoms with Crippen LogP contribution in [0.3, 0.4) is 0 Å². The van der Waals surface area contributed by atoms with Crippen LogP contribution in [0, 0.1) is 10.1 Å². The third kappa shape index (κ3) is 3.25. The predicted octanol–water partition coefficient (Wildman–Crippen LogP) is 1.86. The van der Waals surface area contributed by atoms with Gasteiger partial charge in [0.15, 0.2) is 0 Å². The van der Waals surface area contributed by atoms with Crippen molar-refractivity contribution in [1.29, 1.82) is 0 Å². The minimum atomic E-state index is -0.553. The van der Waals surface area contributed by atoms with Crippen molar-refractivity contribution >= 4 is 50.3 Å². The SMILES string of the molecule is O=C1CSC(=O)N1CCNc1ncc(Br)cc1[N+](=O)[O-]. The minimum Gasteiger partial charge on any atom is -0.363 e. The number of carbonyl (C=O) groups excluding carboxylic acids is 2. The van der Waals surface area contributed by atoms with E-state index in [0.29, 0.717) is 4.47 Å². The Bertz CT molecular complexity index is 566. The van der Waals surface area contributed by atoms with Crippen molar-refractivity contribution in [2.24, 2.45) is 0 Å². The molecule has 20 heavy (non-hydrogen) atoms. The molecule has 0 atom stereocenters. The maximum absolute atomic E-state index is 11.4. The molecule has 106 valence electrons. The molecule has 1 aromatic heterocycles. The fourth-order valence-corrected chi connectivity index (χ4v) is 2.66. The van der Waals surface area contributed by atoms with Gasteiger partial charge in [-0.15, -0.1) is 0 Å². The van der Waals surface area contributed by atoms with E-state index in [1.807, 2.05) is 0 Å². The molecule has 8 nitrogen and oxygen atoms in total. The van der Waals surface area contributed by atoms with Crippen molar-refractivity contribution in [2.75, 3.05) is 24.2 Å². The summed E-state index contributed by atoms with van der Waals surface area (Å²) < 4.78 is 0.496. The first-order chi connectivity index (χ1) is 9.49. The lowest BCUT2D eigenvalue weighted by atomic mass is 10.4. The number of rotatable bonds is 5. The van der Waals surface area contributed by atoms with E-state index >= 15 is 0 Å². The summed E-state index contributed by atoms with van der Waals surface area (Å²) in [6, 6.07) is 1.33. The Morgan fingerprint density at radius 3 is 2.90 bits per heavy atom. The first-order valence-corrected chi connectivity index (χ1v) is 7.28. The standard InChI is InChI=1S/C10H9BrN4O4S/c11-6-3-7(15(18)19)9(13-4-6)12-1-2-14-8(16)5-20-10(14)17/h3-4H,1-2,5H2,(H,12,13). The van der Waals surface area contributed by atoms with Crippen LogP contribution in [0.1, 0.15) is 0 Å². The summed E-state index contributed by atoms with van der Waals surface area (Å²) in [6.45, 7) is 0.354. The van der Waals surface area contributed by atoms with Crippen molar-refractivity contribution < 1.29 is 14.5 Å². The van der Waals surface area contributed by atoms with Crippen molar-refractivity contribution in [3.05, 3.63) is 26.9 Å². The average Bonchev–Trinajstić information content (AvgIpc) is 2.71. The van der Waals surface area contributed by atoms with Gasteiger partial charge in [-0.1, -0.05) is 11.8 Å². The number of nitro groups is 1. The Balaban J connectivity index is 1.99. The van der Waals surface area contributed by atoms with Gasteiger partial charge in [-0.3, -0.25) is 24.6 Å². The van der Waals surface area contributed by atoms with Gasteiger partial charge in [0.1, 0.15) is 0 Å². The molecule has 0 aliphatic carbocycles. The van der Waals surface area contributed by atoms with Gasteiger partial charge in [0.2, 0.25) is 11.7 Å². The fourth-order valence-electron chi connectivity index (χ4n) is 1.59. The van der Waals surface area contributed by atoms with Crippen LogP contribution in [0.5, 0.6) is 0 Å². The maximum atomic E-state index is 11.4. The summed E-state index contributed by atoms with van der Waals surface area (Å²) in [5.74, 6) is 0.000192. The predicted molar refractivity (Wildman–Crippen MR) is 76.6 cm³/mol. The van der Waals surface area contributed by atoms with Crippen molar-refractivity contribution in [3.63, 3.8) is 0 Å². The first-order valence-electron chi connectivity index (χ1n) is 5.50. The van der Waals surface area contributed by atoms with E-state index in [2.05, 4.69) is 26.2 Å². The summed E-state index contributed by atoms with van der Waals surface area (Å²) >= 11 is 4.06. The molecule has 0 spiro atoms. The van der Waals surface area contributed by atoms with Crippen LogP contribution in [-0.2, 0) is 4.79 Å². The van der Waals surface area contributed by atoms with E-state index in [4.69, 9.17) is 0 Å². The molecule has 0 saturated carbocycles. The van der Waals surface area contributed by atoms with E-state index in [1.165, 1.54) is 12.3 Å². The number of nitrogens with zero attached hydrogens (tertiary/aromatic N) is 3. The Morgan fingerprint density at radius 1 is 1.55 bits per heavy atom. The Labute approximate surface area is 126 Å². The number of anilines is 1.